The molecule has 8 nitrogen and oxygen atoms in total. The van der Waals surface area contributed by atoms with Crippen molar-refractivity contribution in [3.63, 3.8) is 0 Å². The number of halogens is 3. The lowest BCUT2D eigenvalue weighted by Gasteiger charge is -2.19. The van der Waals surface area contributed by atoms with Gasteiger partial charge in [0.1, 0.15) is 12.4 Å². The van der Waals surface area contributed by atoms with Crippen molar-refractivity contribution in [2.24, 2.45) is 0 Å². The van der Waals surface area contributed by atoms with Gasteiger partial charge in [-0.2, -0.15) is 21.6 Å². The van der Waals surface area contributed by atoms with Crippen LogP contribution in [0.5, 0.6) is 0 Å². The van der Waals surface area contributed by atoms with Crippen molar-refractivity contribution in [1.29, 1.82) is 0 Å². The number of nitrogens with one attached hydrogen (secondary N) is 1. The molecule has 0 fully saturated rings. The van der Waals surface area contributed by atoms with Gasteiger partial charge in [-0.3, -0.25) is 9.87 Å². The number of hydrogen-bond donors (Lipinski definition) is 2. The Balaban J connectivity index is 2.92. The summed E-state index contributed by atoms with van der Waals surface area (Å²) in [5.74, 6) is -3.28. The van der Waals surface area contributed by atoms with Crippen LogP contribution in [-0.4, -0.2) is 49.7 Å². The Morgan fingerprint density at radius 1 is 1.37 bits per heavy atom. The summed E-state index contributed by atoms with van der Waals surface area (Å²) in [6, 6.07) is 3.43. The van der Waals surface area contributed by atoms with Gasteiger partial charge in [0.05, 0.1) is 5.56 Å². The summed E-state index contributed by atoms with van der Waals surface area (Å²) < 4.78 is 77.2. The Bertz CT molecular complexity index is 821. The van der Waals surface area contributed by atoms with Crippen LogP contribution in [0.1, 0.15) is 15.9 Å². The maximum absolute atomic E-state index is 12.8. The van der Waals surface area contributed by atoms with Gasteiger partial charge in [0.25, 0.3) is 10.1 Å². The first-order chi connectivity index (χ1) is 12.3. The number of carbonyl (C=O) groups is 2. The molecule has 1 atom stereocenters. The Labute approximate surface area is 152 Å². The van der Waals surface area contributed by atoms with Gasteiger partial charge in [0.15, 0.2) is 0 Å². The number of hydrogen-bond acceptors (Lipinski definition) is 6. The third kappa shape index (κ3) is 7.66. The minimum Gasteiger partial charge on any atom is -0.448 e. The van der Waals surface area contributed by atoms with Gasteiger partial charge in [0, 0.05) is 5.69 Å². The molecule has 1 unspecified atom stereocenters. The zero-order chi connectivity index (χ0) is 20.8. The van der Waals surface area contributed by atoms with E-state index in [-0.39, 0.29) is 17.9 Å². The summed E-state index contributed by atoms with van der Waals surface area (Å²) in [4.78, 5) is 23.3. The lowest BCUT2D eigenvalue weighted by Crippen LogP contribution is -2.39. The highest BCUT2D eigenvalue weighted by Gasteiger charge is 2.45. The number of ether oxygens (including phenoxy) is 2. The van der Waals surface area contributed by atoms with Crippen LogP contribution in [0, 0.1) is 6.92 Å². The molecule has 1 aromatic carbocycles. The molecule has 150 valence electrons. The van der Waals surface area contributed by atoms with E-state index in [1.165, 1.54) is 19.1 Å². The van der Waals surface area contributed by atoms with E-state index in [1.807, 2.05) is 0 Å². The number of carbonyl (C=O) groups excluding carboxylic acids is 2. The number of aryl methyl sites for hydroxylation is 1. The molecule has 0 radical (unpaired) electrons. The highest BCUT2D eigenvalue weighted by atomic mass is 32.2. The van der Waals surface area contributed by atoms with Gasteiger partial charge >= 0.3 is 18.2 Å². The number of alkyl halides is 3. The molecule has 0 spiro atoms. The fourth-order valence-electron chi connectivity index (χ4n) is 1.80. The van der Waals surface area contributed by atoms with Crippen molar-refractivity contribution in [3.05, 3.63) is 42.0 Å². The highest BCUT2D eigenvalue weighted by Crippen LogP contribution is 2.26. The molecule has 0 aliphatic heterocycles. The predicted molar refractivity (Wildman–Crippen MR) is 88.0 cm³/mol. The molecular formula is C15H16F3NO7S. The van der Waals surface area contributed by atoms with Crippen LogP contribution in [0.4, 0.5) is 23.7 Å². The van der Waals surface area contributed by atoms with E-state index >= 15 is 0 Å². The second-order valence-electron chi connectivity index (χ2n) is 5.23. The van der Waals surface area contributed by atoms with Crippen LogP contribution in [-0.2, 0) is 19.6 Å². The molecule has 1 rings (SSSR count). The molecule has 0 saturated carbocycles. The summed E-state index contributed by atoms with van der Waals surface area (Å²) in [5, 5.41) is 2.35. The number of benzene rings is 1. The first kappa shape index (κ1) is 22.4. The van der Waals surface area contributed by atoms with Gasteiger partial charge in [-0.15, -0.1) is 0 Å². The largest absolute Gasteiger partial charge is 0.448 e. The summed E-state index contributed by atoms with van der Waals surface area (Å²) in [6.45, 7) is 4.78. The minimum atomic E-state index is -5.20. The molecule has 27 heavy (non-hydrogen) atoms. The minimum absolute atomic E-state index is 0.0398. The maximum atomic E-state index is 12.8. The van der Waals surface area contributed by atoms with Crippen LogP contribution in [0.3, 0.4) is 0 Å². The summed E-state index contributed by atoms with van der Waals surface area (Å²) in [5.41, 5.74) is 0.214. The molecule has 0 aliphatic rings. The standard InChI is InChI=1S/C15H16F3NO7S/c1-3-6-25-14(21)19-11-5-4-10(7-9(11)2)13(20)26-12(15(16,17)18)8-27(22,23)24/h3-5,7,12H,1,6,8H2,2H3,(H,19,21)(H,22,23,24). The van der Waals surface area contributed by atoms with E-state index in [1.54, 1.807) is 0 Å². The molecule has 1 aromatic rings. The third-order valence-corrected chi connectivity index (χ3v) is 3.73. The van der Waals surface area contributed by atoms with Crippen LogP contribution in [0.15, 0.2) is 30.9 Å². The molecule has 0 aromatic heterocycles. The SMILES string of the molecule is C=CCOC(=O)Nc1ccc(C(=O)OC(CS(=O)(=O)O)C(F)(F)F)cc1C. The average molecular weight is 411 g/mol. The van der Waals surface area contributed by atoms with E-state index in [0.29, 0.717) is 5.56 Å². The normalized spacial score (nSPS) is 12.8. The van der Waals surface area contributed by atoms with E-state index in [9.17, 15) is 31.2 Å². The zero-order valence-electron chi connectivity index (χ0n) is 13.9. The second-order valence-corrected chi connectivity index (χ2v) is 6.72. The Morgan fingerprint density at radius 3 is 2.48 bits per heavy atom. The van der Waals surface area contributed by atoms with Crippen LogP contribution in [0.25, 0.3) is 0 Å². The van der Waals surface area contributed by atoms with Gasteiger partial charge in [0.2, 0.25) is 6.10 Å². The molecular weight excluding hydrogens is 395 g/mol. The number of rotatable bonds is 7. The number of anilines is 1. The van der Waals surface area contributed by atoms with Crippen LogP contribution in [0.2, 0.25) is 0 Å². The molecule has 2 N–H and O–H groups in total. The quantitative estimate of drug-likeness (QED) is 0.402. The molecule has 0 saturated heterocycles. The van der Waals surface area contributed by atoms with Crippen molar-refractivity contribution in [3.8, 4) is 0 Å². The van der Waals surface area contributed by atoms with Gasteiger partial charge < -0.3 is 9.47 Å². The van der Waals surface area contributed by atoms with Crippen molar-refractivity contribution in [2.45, 2.75) is 19.2 Å². The Kier molecular flexibility index (Phi) is 7.37. The molecule has 1 amide bonds. The third-order valence-electron chi connectivity index (χ3n) is 3.01. The number of esters is 1. The van der Waals surface area contributed by atoms with Crippen molar-refractivity contribution in [2.75, 3.05) is 17.7 Å². The van der Waals surface area contributed by atoms with Crippen LogP contribution < -0.4 is 5.32 Å². The van der Waals surface area contributed by atoms with E-state index in [2.05, 4.69) is 16.6 Å². The first-order valence-corrected chi connectivity index (χ1v) is 8.82. The first-order valence-electron chi connectivity index (χ1n) is 7.21. The van der Waals surface area contributed by atoms with Gasteiger partial charge in [-0.25, -0.2) is 9.59 Å². The lowest BCUT2D eigenvalue weighted by molar-refractivity contribution is -0.197. The summed E-state index contributed by atoms with van der Waals surface area (Å²) >= 11 is 0. The van der Waals surface area contributed by atoms with E-state index in [4.69, 9.17) is 9.29 Å². The molecule has 0 heterocycles. The number of amides is 1. The fraction of sp³-hybridized carbons (Fsp3) is 0.333. The molecule has 0 bridgehead atoms. The van der Waals surface area contributed by atoms with Gasteiger partial charge in [-0.1, -0.05) is 12.7 Å². The van der Waals surface area contributed by atoms with Crippen molar-refractivity contribution >= 4 is 27.9 Å². The molecule has 12 heteroatoms. The van der Waals surface area contributed by atoms with E-state index in [0.717, 1.165) is 12.1 Å². The van der Waals surface area contributed by atoms with E-state index < -0.39 is 40.2 Å². The maximum Gasteiger partial charge on any atom is 0.426 e. The summed E-state index contributed by atoms with van der Waals surface area (Å²) in [6.07, 6.45) is -7.70. The van der Waals surface area contributed by atoms with Crippen LogP contribution >= 0.6 is 0 Å². The van der Waals surface area contributed by atoms with Gasteiger partial charge in [-0.05, 0) is 30.7 Å². The average Bonchev–Trinajstić information content (AvgIpc) is 2.52. The smallest absolute Gasteiger partial charge is 0.426 e. The lowest BCUT2D eigenvalue weighted by atomic mass is 10.1. The predicted octanol–water partition coefficient (Wildman–Crippen LogP) is 2.71. The monoisotopic (exact) mass is 411 g/mol. The fourth-order valence-corrected chi connectivity index (χ4v) is 2.44. The topological polar surface area (TPSA) is 119 Å². The van der Waals surface area contributed by atoms with Crippen molar-refractivity contribution < 1.29 is 45.2 Å². The highest BCUT2D eigenvalue weighted by molar-refractivity contribution is 7.85. The summed E-state index contributed by atoms with van der Waals surface area (Å²) in [7, 11) is -5.04. The Morgan fingerprint density at radius 2 is 2.00 bits per heavy atom. The second kappa shape index (κ2) is 8.86. The molecule has 0 aliphatic carbocycles. The Hall–Kier alpha value is -2.60. The van der Waals surface area contributed by atoms with Crippen molar-refractivity contribution in [1.82, 2.24) is 0 Å². The zero-order valence-corrected chi connectivity index (χ0v) is 14.8.